The third kappa shape index (κ3) is 4.22. The van der Waals surface area contributed by atoms with E-state index in [4.69, 9.17) is 4.74 Å². The third-order valence-electron chi connectivity index (χ3n) is 4.14. The van der Waals surface area contributed by atoms with Crippen LogP contribution in [0, 0.1) is 6.92 Å². The van der Waals surface area contributed by atoms with Gasteiger partial charge in [-0.25, -0.2) is 0 Å². The van der Waals surface area contributed by atoms with Crippen LogP contribution in [0.25, 0.3) is 0 Å². The van der Waals surface area contributed by atoms with Gasteiger partial charge in [-0.3, -0.25) is 4.90 Å². The van der Waals surface area contributed by atoms with Gasteiger partial charge in [0, 0.05) is 32.7 Å². The molecule has 1 fully saturated rings. The van der Waals surface area contributed by atoms with Gasteiger partial charge in [-0.2, -0.15) is 0 Å². The number of benzene rings is 1. The monoisotopic (exact) mass is 276 g/mol. The smallest absolute Gasteiger partial charge is 0.122 e. The summed E-state index contributed by atoms with van der Waals surface area (Å²) < 4.78 is 6.00. The maximum atomic E-state index is 6.00. The summed E-state index contributed by atoms with van der Waals surface area (Å²) >= 11 is 0. The second-order valence-corrected chi connectivity index (χ2v) is 6.17. The minimum atomic E-state index is 0.551. The van der Waals surface area contributed by atoms with Gasteiger partial charge in [0.2, 0.25) is 0 Å². The van der Waals surface area contributed by atoms with E-state index in [-0.39, 0.29) is 0 Å². The Morgan fingerprint density at radius 3 is 2.50 bits per heavy atom. The molecule has 0 N–H and O–H groups in total. The summed E-state index contributed by atoms with van der Waals surface area (Å²) in [5.74, 6) is 1.60. The molecule has 2 rings (SSSR count). The summed E-state index contributed by atoms with van der Waals surface area (Å²) in [6.45, 7) is 13.0. The summed E-state index contributed by atoms with van der Waals surface area (Å²) in [6, 6.07) is 6.57. The molecule has 3 nitrogen and oxygen atoms in total. The fraction of sp³-hybridized carbons (Fsp3) is 0.647. The second kappa shape index (κ2) is 7.09. The van der Waals surface area contributed by atoms with Crippen molar-refractivity contribution in [3.05, 3.63) is 29.3 Å². The lowest BCUT2D eigenvalue weighted by atomic mass is 10.0. The van der Waals surface area contributed by atoms with Gasteiger partial charge in [-0.15, -0.1) is 0 Å². The van der Waals surface area contributed by atoms with E-state index in [0.29, 0.717) is 5.92 Å². The minimum absolute atomic E-state index is 0.551. The summed E-state index contributed by atoms with van der Waals surface area (Å²) in [5, 5.41) is 0. The van der Waals surface area contributed by atoms with Gasteiger partial charge in [-0.1, -0.05) is 26.0 Å². The van der Waals surface area contributed by atoms with Crippen LogP contribution >= 0.6 is 0 Å². The number of likely N-dealkylation sites (N-methyl/N-ethyl adjacent to an activating group) is 1. The minimum Gasteiger partial charge on any atom is -0.492 e. The molecule has 0 bridgehead atoms. The van der Waals surface area contributed by atoms with Crippen LogP contribution in [0.4, 0.5) is 0 Å². The van der Waals surface area contributed by atoms with Crippen molar-refractivity contribution in [2.75, 3.05) is 46.4 Å². The van der Waals surface area contributed by atoms with E-state index in [1.54, 1.807) is 0 Å². The third-order valence-corrected chi connectivity index (χ3v) is 4.14. The van der Waals surface area contributed by atoms with Gasteiger partial charge in [-0.05, 0) is 37.1 Å². The molecule has 1 aromatic rings. The zero-order valence-electron chi connectivity index (χ0n) is 13.4. The predicted octanol–water partition coefficient (Wildman–Crippen LogP) is 2.74. The maximum Gasteiger partial charge on any atom is 0.122 e. The molecule has 0 aliphatic carbocycles. The summed E-state index contributed by atoms with van der Waals surface area (Å²) in [4.78, 5) is 4.87. The summed E-state index contributed by atoms with van der Waals surface area (Å²) in [6.07, 6.45) is 0. The van der Waals surface area contributed by atoms with E-state index in [1.807, 2.05) is 0 Å². The van der Waals surface area contributed by atoms with Crippen LogP contribution in [-0.2, 0) is 0 Å². The summed E-state index contributed by atoms with van der Waals surface area (Å²) in [7, 11) is 2.19. The van der Waals surface area contributed by atoms with E-state index >= 15 is 0 Å². The van der Waals surface area contributed by atoms with Crippen molar-refractivity contribution >= 4 is 0 Å². The van der Waals surface area contributed by atoms with E-state index < -0.39 is 0 Å². The fourth-order valence-electron chi connectivity index (χ4n) is 2.49. The molecule has 1 aliphatic heterocycles. The van der Waals surface area contributed by atoms with Crippen molar-refractivity contribution in [1.82, 2.24) is 9.80 Å². The molecule has 112 valence electrons. The van der Waals surface area contributed by atoms with E-state index in [1.165, 1.54) is 24.2 Å². The number of piperazine rings is 1. The fourth-order valence-corrected chi connectivity index (χ4v) is 2.49. The first-order chi connectivity index (χ1) is 9.56. The lowest BCUT2D eigenvalue weighted by Gasteiger charge is -2.32. The van der Waals surface area contributed by atoms with Gasteiger partial charge in [0.15, 0.2) is 0 Å². The number of ether oxygens (including phenoxy) is 1. The Morgan fingerprint density at radius 1 is 1.15 bits per heavy atom. The molecular weight excluding hydrogens is 248 g/mol. The highest BCUT2D eigenvalue weighted by Crippen LogP contribution is 2.24. The Hall–Kier alpha value is -1.06. The van der Waals surface area contributed by atoms with Crippen molar-refractivity contribution in [3.8, 4) is 5.75 Å². The van der Waals surface area contributed by atoms with Gasteiger partial charge in [0.1, 0.15) is 12.4 Å². The normalized spacial score (nSPS) is 17.6. The molecule has 0 aromatic heterocycles. The Labute approximate surface area is 123 Å². The largest absolute Gasteiger partial charge is 0.492 e. The highest BCUT2D eigenvalue weighted by Gasteiger charge is 2.13. The molecule has 0 amide bonds. The Bertz CT molecular complexity index is 423. The van der Waals surface area contributed by atoms with Crippen molar-refractivity contribution in [1.29, 1.82) is 0 Å². The lowest BCUT2D eigenvalue weighted by molar-refractivity contribution is 0.133. The number of hydrogen-bond donors (Lipinski definition) is 0. The molecular formula is C17H28N2O. The number of rotatable bonds is 5. The van der Waals surface area contributed by atoms with Crippen LogP contribution < -0.4 is 4.74 Å². The molecule has 3 heteroatoms. The molecule has 0 atom stereocenters. The molecule has 1 aliphatic rings. The molecule has 0 unspecified atom stereocenters. The highest BCUT2D eigenvalue weighted by molar-refractivity contribution is 5.37. The predicted molar refractivity (Wildman–Crippen MR) is 84.7 cm³/mol. The maximum absolute atomic E-state index is 6.00. The van der Waals surface area contributed by atoms with E-state index in [0.717, 1.165) is 32.0 Å². The first kappa shape index (κ1) is 15.3. The van der Waals surface area contributed by atoms with Crippen LogP contribution in [0.3, 0.4) is 0 Å². The first-order valence-electron chi connectivity index (χ1n) is 7.70. The van der Waals surface area contributed by atoms with Crippen LogP contribution in [0.5, 0.6) is 5.75 Å². The quantitative estimate of drug-likeness (QED) is 0.822. The van der Waals surface area contributed by atoms with Gasteiger partial charge < -0.3 is 9.64 Å². The topological polar surface area (TPSA) is 15.7 Å². The molecule has 0 saturated carbocycles. The molecule has 1 saturated heterocycles. The highest BCUT2D eigenvalue weighted by atomic mass is 16.5. The van der Waals surface area contributed by atoms with Gasteiger partial charge in [0.05, 0.1) is 0 Å². The Morgan fingerprint density at radius 2 is 1.85 bits per heavy atom. The summed E-state index contributed by atoms with van der Waals surface area (Å²) in [5.41, 5.74) is 2.58. The molecule has 0 spiro atoms. The standard InChI is InChI=1S/C17H28N2O/c1-14(2)16-6-5-15(3)17(13-16)20-12-11-19-9-7-18(4)8-10-19/h5-6,13-14H,7-12H2,1-4H3. The van der Waals surface area contributed by atoms with Gasteiger partial charge >= 0.3 is 0 Å². The van der Waals surface area contributed by atoms with Crippen molar-refractivity contribution in [2.45, 2.75) is 26.7 Å². The van der Waals surface area contributed by atoms with Crippen molar-refractivity contribution < 1.29 is 4.74 Å². The lowest BCUT2D eigenvalue weighted by Crippen LogP contribution is -2.45. The Balaban J connectivity index is 1.83. The van der Waals surface area contributed by atoms with Crippen molar-refractivity contribution in [2.24, 2.45) is 0 Å². The van der Waals surface area contributed by atoms with Crippen LogP contribution in [0.2, 0.25) is 0 Å². The molecule has 1 aromatic carbocycles. The average molecular weight is 276 g/mol. The average Bonchev–Trinajstić information content (AvgIpc) is 2.43. The number of hydrogen-bond acceptors (Lipinski definition) is 3. The Kier molecular flexibility index (Phi) is 5.44. The zero-order chi connectivity index (χ0) is 14.5. The van der Waals surface area contributed by atoms with E-state index in [2.05, 4.69) is 55.8 Å². The van der Waals surface area contributed by atoms with Crippen LogP contribution in [0.1, 0.15) is 30.9 Å². The first-order valence-corrected chi connectivity index (χ1v) is 7.70. The molecule has 0 radical (unpaired) electrons. The van der Waals surface area contributed by atoms with Crippen LogP contribution in [0.15, 0.2) is 18.2 Å². The van der Waals surface area contributed by atoms with Crippen molar-refractivity contribution in [3.63, 3.8) is 0 Å². The molecule has 20 heavy (non-hydrogen) atoms. The number of nitrogens with zero attached hydrogens (tertiary/aromatic N) is 2. The SMILES string of the molecule is Cc1ccc(C(C)C)cc1OCCN1CCN(C)CC1. The zero-order valence-corrected chi connectivity index (χ0v) is 13.4. The number of aryl methyl sites for hydroxylation is 1. The molecule has 1 heterocycles. The van der Waals surface area contributed by atoms with E-state index in [9.17, 15) is 0 Å². The van der Waals surface area contributed by atoms with Gasteiger partial charge in [0.25, 0.3) is 0 Å². The van der Waals surface area contributed by atoms with Crippen LogP contribution in [-0.4, -0.2) is 56.2 Å². The second-order valence-electron chi connectivity index (χ2n) is 6.17.